The minimum Gasteiger partial charge on any atom is -0.471 e. The van der Waals surface area contributed by atoms with Gasteiger partial charge in [0.15, 0.2) is 6.61 Å². The van der Waals surface area contributed by atoms with E-state index < -0.39 is 19.0 Å². The van der Waals surface area contributed by atoms with Gasteiger partial charge < -0.3 is 10.5 Å². The zero-order valence-electron chi connectivity index (χ0n) is 9.96. The molecule has 0 saturated heterocycles. The van der Waals surface area contributed by atoms with Gasteiger partial charge in [0.25, 0.3) is 0 Å². The summed E-state index contributed by atoms with van der Waals surface area (Å²) in [5.41, 5.74) is 6.79. The highest BCUT2D eigenvalue weighted by Crippen LogP contribution is 2.25. The van der Waals surface area contributed by atoms with Gasteiger partial charge in [0, 0.05) is 17.8 Å². The summed E-state index contributed by atoms with van der Waals surface area (Å²) in [6.07, 6.45) is -2.39. The lowest BCUT2D eigenvalue weighted by atomic mass is 10.1. The minimum absolute atomic E-state index is 0.0975. The van der Waals surface area contributed by atoms with Crippen LogP contribution in [0, 0.1) is 6.92 Å². The molecule has 1 aromatic heterocycles. The first-order valence-electron chi connectivity index (χ1n) is 5.25. The molecule has 2 N–H and O–H groups in total. The average Bonchev–Trinajstić information content (AvgIpc) is 2.26. The van der Waals surface area contributed by atoms with Gasteiger partial charge in [-0.2, -0.15) is 8.78 Å². The normalized spacial score (nSPS) is 13.8. The number of nitrogens with zero attached hydrogens (tertiary/aromatic N) is 1. The smallest absolute Gasteiger partial charge is 0.340 e. The van der Waals surface area contributed by atoms with Crippen LogP contribution in [-0.4, -0.2) is 23.9 Å². The molecule has 1 heterocycles. The molecule has 0 saturated carbocycles. The van der Waals surface area contributed by atoms with Crippen LogP contribution in [0.25, 0.3) is 0 Å². The van der Waals surface area contributed by atoms with E-state index in [1.54, 1.807) is 19.9 Å². The van der Waals surface area contributed by atoms with Crippen molar-refractivity contribution in [3.63, 3.8) is 0 Å². The van der Waals surface area contributed by atoms with E-state index in [0.29, 0.717) is 11.1 Å². The number of alkyl halides is 4. The number of hydrogen-bond donors (Lipinski definition) is 1. The van der Waals surface area contributed by atoms with Crippen LogP contribution in [0.5, 0.6) is 5.88 Å². The van der Waals surface area contributed by atoms with Gasteiger partial charge in [-0.25, -0.2) is 13.8 Å². The SMILES string of the molecule is Cc1cc([C@@H](C)N)cnc1OCC(F)(F)C(F)F. The molecule has 0 aliphatic heterocycles. The van der Waals surface area contributed by atoms with Crippen molar-refractivity contribution in [2.45, 2.75) is 32.2 Å². The zero-order valence-corrected chi connectivity index (χ0v) is 9.96. The van der Waals surface area contributed by atoms with Crippen LogP contribution in [0.3, 0.4) is 0 Å². The molecule has 18 heavy (non-hydrogen) atoms. The number of rotatable bonds is 5. The maximum absolute atomic E-state index is 12.6. The Bertz CT molecular complexity index is 410. The van der Waals surface area contributed by atoms with Crippen molar-refractivity contribution >= 4 is 0 Å². The second kappa shape index (κ2) is 5.51. The van der Waals surface area contributed by atoms with Gasteiger partial charge in [-0.15, -0.1) is 0 Å². The van der Waals surface area contributed by atoms with E-state index in [-0.39, 0.29) is 11.9 Å². The number of aromatic nitrogens is 1. The largest absolute Gasteiger partial charge is 0.471 e. The lowest BCUT2D eigenvalue weighted by Crippen LogP contribution is -2.34. The van der Waals surface area contributed by atoms with E-state index in [4.69, 9.17) is 5.73 Å². The number of hydrogen-bond acceptors (Lipinski definition) is 3. The van der Waals surface area contributed by atoms with Crippen LogP contribution in [0.2, 0.25) is 0 Å². The summed E-state index contributed by atoms with van der Waals surface area (Å²) in [5, 5.41) is 0. The molecule has 0 aliphatic carbocycles. The highest BCUT2D eigenvalue weighted by molar-refractivity contribution is 5.29. The van der Waals surface area contributed by atoms with Crippen molar-refractivity contribution in [3.05, 3.63) is 23.4 Å². The van der Waals surface area contributed by atoms with E-state index in [1.807, 2.05) is 0 Å². The Morgan fingerprint density at radius 2 is 2.06 bits per heavy atom. The summed E-state index contributed by atoms with van der Waals surface area (Å²) in [7, 11) is 0. The Hall–Kier alpha value is -1.37. The summed E-state index contributed by atoms with van der Waals surface area (Å²) in [5.74, 6) is -4.28. The zero-order chi connectivity index (χ0) is 13.9. The first-order chi connectivity index (χ1) is 8.24. The fraction of sp³-hybridized carbons (Fsp3) is 0.545. The maximum atomic E-state index is 12.6. The summed E-state index contributed by atoms with van der Waals surface area (Å²) >= 11 is 0. The van der Waals surface area contributed by atoms with Gasteiger partial charge in [-0.1, -0.05) is 0 Å². The van der Waals surface area contributed by atoms with Crippen molar-refractivity contribution in [1.82, 2.24) is 4.98 Å². The third-order valence-electron chi connectivity index (χ3n) is 2.30. The monoisotopic (exact) mass is 266 g/mol. The summed E-state index contributed by atoms with van der Waals surface area (Å²) in [6.45, 7) is 1.91. The fourth-order valence-corrected chi connectivity index (χ4v) is 1.21. The van der Waals surface area contributed by atoms with E-state index in [0.717, 1.165) is 0 Å². The first kappa shape index (κ1) is 14.7. The van der Waals surface area contributed by atoms with Crippen molar-refractivity contribution in [2.24, 2.45) is 5.73 Å². The molecule has 0 bridgehead atoms. The molecule has 3 nitrogen and oxygen atoms in total. The number of nitrogens with two attached hydrogens (primary N) is 1. The number of aryl methyl sites for hydroxylation is 1. The Labute approximate surface area is 102 Å². The van der Waals surface area contributed by atoms with Gasteiger partial charge in [-0.3, -0.25) is 0 Å². The second-order valence-corrected chi connectivity index (χ2v) is 4.03. The van der Waals surface area contributed by atoms with Crippen LogP contribution in [0.1, 0.15) is 24.1 Å². The highest BCUT2D eigenvalue weighted by atomic mass is 19.3. The molecule has 0 aliphatic rings. The third kappa shape index (κ3) is 3.56. The van der Waals surface area contributed by atoms with Gasteiger partial charge >= 0.3 is 12.3 Å². The van der Waals surface area contributed by atoms with Gasteiger partial charge in [0.2, 0.25) is 5.88 Å². The lowest BCUT2D eigenvalue weighted by molar-refractivity contribution is -0.148. The average molecular weight is 266 g/mol. The van der Waals surface area contributed by atoms with Crippen LogP contribution < -0.4 is 10.5 Å². The topological polar surface area (TPSA) is 48.1 Å². The van der Waals surface area contributed by atoms with Crippen LogP contribution in [-0.2, 0) is 0 Å². The molecule has 0 unspecified atom stereocenters. The molecule has 0 spiro atoms. The van der Waals surface area contributed by atoms with Crippen LogP contribution >= 0.6 is 0 Å². The molecular weight excluding hydrogens is 252 g/mol. The minimum atomic E-state index is -4.19. The molecule has 7 heteroatoms. The van der Waals surface area contributed by atoms with Gasteiger partial charge in [0.1, 0.15) is 0 Å². The van der Waals surface area contributed by atoms with Crippen LogP contribution in [0.4, 0.5) is 17.6 Å². The van der Waals surface area contributed by atoms with Crippen molar-refractivity contribution in [1.29, 1.82) is 0 Å². The summed E-state index contributed by atoms with van der Waals surface area (Å²) < 4.78 is 53.8. The molecule has 1 aromatic rings. The molecule has 0 aromatic carbocycles. The molecule has 0 amide bonds. The third-order valence-corrected chi connectivity index (χ3v) is 2.30. The fourth-order valence-electron chi connectivity index (χ4n) is 1.21. The Balaban J connectivity index is 2.75. The molecule has 102 valence electrons. The quantitative estimate of drug-likeness (QED) is 0.833. The molecule has 0 fully saturated rings. The lowest BCUT2D eigenvalue weighted by Gasteiger charge is -2.17. The maximum Gasteiger partial charge on any atom is 0.340 e. The molecule has 1 rings (SSSR count). The van der Waals surface area contributed by atoms with E-state index in [1.165, 1.54) is 6.20 Å². The molecular formula is C11H14F4N2O. The predicted molar refractivity (Wildman–Crippen MR) is 58.0 cm³/mol. The second-order valence-electron chi connectivity index (χ2n) is 4.03. The molecule has 1 atom stereocenters. The van der Waals surface area contributed by atoms with Gasteiger partial charge in [0.05, 0.1) is 0 Å². The predicted octanol–water partition coefficient (Wildman–Crippen LogP) is 2.69. The molecule has 0 radical (unpaired) electrons. The van der Waals surface area contributed by atoms with Crippen molar-refractivity contribution < 1.29 is 22.3 Å². The number of halogens is 4. The number of ether oxygens (including phenoxy) is 1. The Morgan fingerprint density at radius 3 is 2.50 bits per heavy atom. The Kier molecular flexibility index (Phi) is 4.50. The standard InChI is InChI=1S/C11H14F4N2O/c1-6-3-8(7(2)16)4-17-9(6)18-5-11(14,15)10(12)13/h3-4,7,10H,5,16H2,1-2H3/t7-/m1/s1. The van der Waals surface area contributed by atoms with Gasteiger partial charge in [-0.05, 0) is 25.5 Å². The van der Waals surface area contributed by atoms with E-state index in [9.17, 15) is 17.6 Å². The van der Waals surface area contributed by atoms with Crippen LogP contribution in [0.15, 0.2) is 12.3 Å². The van der Waals surface area contributed by atoms with E-state index >= 15 is 0 Å². The Morgan fingerprint density at radius 1 is 1.44 bits per heavy atom. The highest BCUT2D eigenvalue weighted by Gasteiger charge is 2.41. The van der Waals surface area contributed by atoms with E-state index in [2.05, 4.69) is 9.72 Å². The van der Waals surface area contributed by atoms with Crippen molar-refractivity contribution in [3.8, 4) is 5.88 Å². The first-order valence-corrected chi connectivity index (χ1v) is 5.25. The van der Waals surface area contributed by atoms with Crippen molar-refractivity contribution in [2.75, 3.05) is 6.61 Å². The summed E-state index contributed by atoms with van der Waals surface area (Å²) in [6, 6.07) is 1.36. The number of pyridine rings is 1. The summed E-state index contributed by atoms with van der Waals surface area (Å²) in [4.78, 5) is 3.78.